The second-order valence-electron chi connectivity index (χ2n) is 6.02. The first kappa shape index (κ1) is 13.9. The van der Waals surface area contributed by atoms with Gasteiger partial charge in [0.2, 0.25) is 0 Å². The molecule has 21 heavy (non-hydrogen) atoms. The van der Waals surface area contributed by atoms with E-state index in [0.29, 0.717) is 18.0 Å². The van der Waals surface area contributed by atoms with Gasteiger partial charge in [-0.2, -0.15) is 0 Å². The number of amides is 2. The van der Waals surface area contributed by atoms with Crippen molar-refractivity contribution in [3.63, 3.8) is 0 Å². The van der Waals surface area contributed by atoms with E-state index in [9.17, 15) is 14.7 Å². The lowest BCUT2D eigenvalue weighted by atomic mass is 10.1. The maximum Gasteiger partial charge on any atom is 0.327 e. The predicted molar refractivity (Wildman–Crippen MR) is 79.4 cm³/mol. The van der Waals surface area contributed by atoms with Gasteiger partial charge in [-0.3, -0.25) is 4.90 Å². The Balaban J connectivity index is 1.83. The van der Waals surface area contributed by atoms with Crippen LogP contribution in [0.1, 0.15) is 31.7 Å². The number of carbonyl (C=O) groups excluding carboxylic acids is 1. The fourth-order valence-corrected chi connectivity index (χ4v) is 3.42. The Morgan fingerprint density at radius 2 is 2.05 bits per heavy atom. The summed E-state index contributed by atoms with van der Waals surface area (Å²) in [5.41, 5.74) is 1.63. The van der Waals surface area contributed by atoms with Crippen LogP contribution in [0, 0.1) is 5.92 Å². The molecule has 3 rings (SSSR count). The number of nitrogens with one attached hydrogen (secondary N) is 1. The molecule has 0 spiro atoms. The van der Waals surface area contributed by atoms with Crippen molar-refractivity contribution in [3.05, 3.63) is 29.8 Å². The summed E-state index contributed by atoms with van der Waals surface area (Å²) in [5.74, 6) is -0.504. The van der Waals surface area contributed by atoms with Crippen LogP contribution < -0.4 is 10.2 Å². The number of carboxylic acids is 1. The van der Waals surface area contributed by atoms with Crippen LogP contribution in [-0.4, -0.2) is 29.2 Å². The van der Waals surface area contributed by atoms with Gasteiger partial charge in [-0.05, 0) is 30.4 Å². The molecule has 0 saturated heterocycles. The molecule has 2 amide bonds. The average molecular weight is 288 g/mol. The molecule has 1 aliphatic heterocycles. The summed E-state index contributed by atoms with van der Waals surface area (Å²) in [6.45, 7) is 2.13. The van der Waals surface area contributed by atoms with Gasteiger partial charge in [0.25, 0.3) is 0 Å². The molecule has 3 atom stereocenters. The monoisotopic (exact) mass is 288 g/mol. The first-order valence-electron chi connectivity index (χ1n) is 7.48. The quantitative estimate of drug-likeness (QED) is 0.878. The molecule has 1 heterocycles. The van der Waals surface area contributed by atoms with Crippen LogP contribution in [0.4, 0.5) is 10.5 Å². The van der Waals surface area contributed by atoms with Crippen molar-refractivity contribution in [1.82, 2.24) is 5.32 Å². The van der Waals surface area contributed by atoms with Gasteiger partial charge in [-0.1, -0.05) is 31.5 Å². The topological polar surface area (TPSA) is 69.6 Å². The van der Waals surface area contributed by atoms with Crippen LogP contribution in [0.15, 0.2) is 24.3 Å². The van der Waals surface area contributed by atoms with E-state index in [4.69, 9.17) is 0 Å². The van der Waals surface area contributed by atoms with E-state index in [0.717, 1.165) is 24.8 Å². The molecular weight excluding hydrogens is 268 g/mol. The minimum Gasteiger partial charge on any atom is -0.480 e. The van der Waals surface area contributed by atoms with Crippen LogP contribution >= 0.6 is 0 Å². The normalized spacial score (nSPS) is 27.5. The summed E-state index contributed by atoms with van der Waals surface area (Å²) < 4.78 is 0. The summed E-state index contributed by atoms with van der Waals surface area (Å²) in [4.78, 5) is 25.4. The van der Waals surface area contributed by atoms with Gasteiger partial charge < -0.3 is 10.4 Å². The smallest absolute Gasteiger partial charge is 0.327 e. The summed E-state index contributed by atoms with van der Waals surface area (Å²) in [6.07, 6.45) is 3.58. The number of hydrogen-bond acceptors (Lipinski definition) is 2. The van der Waals surface area contributed by atoms with Gasteiger partial charge in [0.1, 0.15) is 6.04 Å². The van der Waals surface area contributed by atoms with Crippen LogP contribution in [0.25, 0.3) is 0 Å². The minimum absolute atomic E-state index is 0.153. The third-order valence-electron chi connectivity index (χ3n) is 4.65. The van der Waals surface area contributed by atoms with Crippen molar-refractivity contribution in [2.24, 2.45) is 5.92 Å². The zero-order valence-corrected chi connectivity index (χ0v) is 12.1. The van der Waals surface area contributed by atoms with Crippen molar-refractivity contribution < 1.29 is 14.7 Å². The molecule has 1 aromatic carbocycles. The van der Waals surface area contributed by atoms with Gasteiger partial charge >= 0.3 is 12.0 Å². The van der Waals surface area contributed by atoms with Crippen molar-refractivity contribution in [1.29, 1.82) is 0 Å². The maximum atomic E-state index is 12.6. The van der Waals surface area contributed by atoms with Gasteiger partial charge in [0.05, 0.1) is 0 Å². The lowest BCUT2D eigenvalue weighted by Crippen LogP contribution is -2.51. The molecule has 5 nitrogen and oxygen atoms in total. The van der Waals surface area contributed by atoms with E-state index in [-0.39, 0.29) is 12.1 Å². The summed E-state index contributed by atoms with van der Waals surface area (Å²) >= 11 is 0. The Hall–Kier alpha value is -2.04. The number of rotatable bonds is 2. The van der Waals surface area contributed by atoms with Gasteiger partial charge in [0.15, 0.2) is 0 Å². The van der Waals surface area contributed by atoms with E-state index in [1.54, 1.807) is 0 Å². The molecule has 1 saturated carbocycles. The first-order chi connectivity index (χ1) is 10.1. The number of aliphatic carboxylic acids is 1. The van der Waals surface area contributed by atoms with E-state index in [1.165, 1.54) is 4.90 Å². The summed E-state index contributed by atoms with van der Waals surface area (Å²) in [5, 5.41) is 12.4. The zero-order valence-electron chi connectivity index (χ0n) is 12.1. The fraction of sp³-hybridized carbons (Fsp3) is 0.500. The molecule has 0 aromatic heterocycles. The predicted octanol–water partition coefficient (Wildman–Crippen LogP) is 2.40. The van der Waals surface area contributed by atoms with E-state index >= 15 is 0 Å². The molecule has 2 N–H and O–H groups in total. The number of carboxylic acid groups (broad SMARTS) is 1. The van der Waals surface area contributed by atoms with Crippen molar-refractivity contribution in [2.45, 2.75) is 44.7 Å². The van der Waals surface area contributed by atoms with Crippen LogP contribution in [0.5, 0.6) is 0 Å². The minimum atomic E-state index is -0.958. The fourth-order valence-electron chi connectivity index (χ4n) is 3.42. The van der Waals surface area contributed by atoms with Crippen molar-refractivity contribution in [3.8, 4) is 0 Å². The third-order valence-corrected chi connectivity index (χ3v) is 4.65. The largest absolute Gasteiger partial charge is 0.480 e. The SMILES string of the molecule is CC1CCCC1NC(=O)N1c2ccccc2C[C@H]1C(=O)O. The van der Waals surface area contributed by atoms with Crippen molar-refractivity contribution >= 4 is 17.7 Å². The van der Waals surface area contributed by atoms with Gasteiger partial charge in [-0.25, -0.2) is 9.59 Å². The van der Waals surface area contributed by atoms with Crippen molar-refractivity contribution in [2.75, 3.05) is 4.90 Å². The molecule has 2 aliphatic rings. The van der Waals surface area contributed by atoms with Crippen LogP contribution in [-0.2, 0) is 11.2 Å². The Morgan fingerprint density at radius 3 is 2.71 bits per heavy atom. The molecule has 1 fully saturated rings. The lowest BCUT2D eigenvalue weighted by Gasteiger charge is -2.26. The number of urea groups is 1. The molecule has 112 valence electrons. The van der Waals surface area contributed by atoms with Gasteiger partial charge in [0, 0.05) is 18.2 Å². The van der Waals surface area contributed by atoms with Crippen LogP contribution in [0.2, 0.25) is 0 Å². The summed E-state index contributed by atoms with van der Waals surface area (Å²) in [6, 6.07) is 6.47. The number of carbonyl (C=O) groups is 2. The Morgan fingerprint density at radius 1 is 1.29 bits per heavy atom. The number of hydrogen-bond donors (Lipinski definition) is 2. The molecule has 0 radical (unpaired) electrons. The molecule has 0 bridgehead atoms. The number of fused-ring (bicyclic) bond motifs is 1. The highest BCUT2D eigenvalue weighted by molar-refractivity contribution is 6.01. The Kier molecular flexibility index (Phi) is 3.57. The van der Waals surface area contributed by atoms with Crippen LogP contribution in [0.3, 0.4) is 0 Å². The highest BCUT2D eigenvalue weighted by Crippen LogP contribution is 2.33. The summed E-state index contributed by atoms with van der Waals surface area (Å²) in [7, 11) is 0. The molecule has 2 unspecified atom stereocenters. The van der Waals surface area contributed by atoms with E-state index < -0.39 is 12.0 Å². The Bertz CT molecular complexity index is 572. The zero-order chi connectivity index (χ0) is 15.0. The average Bonchev–Trinajstić information content (AvgIpc) is 3.03. The lowest BCUT2D eigenvalue weighted by molar-refractivity contribution is -0.138. The molecule has 1 aliphatic carbocycles. The number of nitrogens with zero attached hydrogens (tertiary/aromatic N) is 1. The molecular formula is C16H20N2O3. The first-order valence-corrected chi connectivity index (χ1v) is 7.48. The second-order valence-corrected chi connectivity index (χ2v) is 6.02. The third kappa shape index (κ3) is 2.48. The van der Waals surface area contributed by atoms with Gasteiger partial charge in [-0.15, -0.1) is 0 Å². The Labute approximate surface area is 123 Å². The number of benzene rings is 1. The molecule has 1 aromatic rings. The molecule has 5 heteroatoms. The van der Waals surface area contributed by atoms with E-state index in [1.807, 2.05) is 24.3 Å². The van der Waals surface area contributed by atoms with E-state index in [2.05, 4.69) is 12.2 Å². The number of para-hydroxylation sites is 1. The second kappa shape index (κ2) is 5.39. The highest BCUT2D eigenvalue weighted by Gasteiger charge is 2.39. The highest BCUT2D eigenvalue weighted by atomic mass is 16.4. The maximum absolute atomic E-state index is 12.6. The number of anilines is 1. The standard InChI is InChI=1S/C16H20N2O3/c1-10-5-4-7-12(10)17-16(21)18-13-8-3-2-6-11(13)9-14(18)15(19)20/h2-3,6,8,10,12,14H,4-5,7,9H2,1H3,(H,17,21)(H,19,20)/t10?,12?,14-/m0/s1.